The second kappa shape index (κ2) is 5.97. The molecule has 2 heterocycles. The molecular formula is C14H19N3O3S. The van der Waals surface area contributed by atoms with Gasteiger partial charge >= 0.3 is 0 Å². The molecule has 7 heteroatoms. The zero-order valence-corrected chi connectivity index (χ0v) is 13.1. The number of rotatable bonds is 5. The van der Waals surface area contributed by atoms with E-state index in [4.69, 9.17) is 5.11 Å². The lowest BCUT2D eigenvalue weighted by Gasteiger charge is -2.16. The molecule has 0 atom stereocenters. The normalized spacial score (nSPS) is 12.0. The summed E-state index contributed by atoms with van der Waals surface area (Å²) in [5, 5.41) is 9.16. The summed E-state index contributed by atoms with van der Waals surface area (Å²) in [4.78, 5) is 4.48. The molecule has 114 valence electrons. The lowest BCUT2D eigenvalue weighted by atomic mass is 10.3. The molecule has 2 rings (SSSR count). The summed E-state index contributed by atoms with van der Waals surface area (Å²) in [5.74, 6) is 0. The molecule has 2 aromatic rings. The van der Waals surface area contributed by atoms with E-state index in [0.717, 1.165) is 5.69 Å². The van der Waals surface area contributed by atoms with E-state index < -0.39 is 10.0 Å². The highest BCUT2D eigenvalue weighted by molar-refractivity contribution is 7.89. The first-order valence-electron chi connectivity index (χ1n) is 6.49. The fourth-order valence-corrected chi connectivity index (χ4v) is 3.29. The van der Waals surface area contributed by atoms with E-state index in [9.17, 15) is 8.42 Å². The summed E-state index contributed by atoms with van der Waals surface area (Å²) in [7, 11) is -0.381. The van der Waals surface area contributed by atoms with E-state index in [0.29, 0.717) is 11.4 Å². The Hall–Kier alpha value is -1.70. The molecule has 0 fully saturated rings. The largest absolute Gasteiger partial charge is 0.390 e. The minimum atomic E-state index is -3.60. The molecule has 0 bridgehead atoms. The van der Waals surface area contributed by atoms with Gasteiger partial charge in [-0.25, -0.2) is 8.42 Å². The molecule has 0 aromatic carbocycles. The van der Waals surface area contributed by atoms with Crippen LogP contribution >= 0.6 is 0 Å². The van der Waals surface area contributed by atoms with Crippen molar-refractivity contribution in [3.05, 3.63) is 47.5 Å². The molecule has 0 spiro atoms. The smallest absolute Gasteiger partial charge is 0.244 e. The first-order valence-corrected chi connectivity index (χ1v) is 7.93. The topological polar surface area (TPSA) is 75.4 Å². The highest BCUT2D eigenvalue weighted by Gasteiger charge is 2.23. The van der Waals surface area contributed by atoms with Crippen molar-refractivity contribution in [2.45, 2.75) is 25.0 Å². The Balaban J connectivity index is 2.26. The highest BCUT2D eigenvalue weighted by Crippen LogP contribution is 2.19. The molecule has 0 saturated carbocycles. The predicted octanol–water partition coefficient (Wildman–Crippen LogP) is 1.04. The Labute approximate surface area is 124 Å². The molecule has 0 aliphatic heterocycles. The van der Waals surface area contributed by atoms with Crippen molar-refractivity contribution in [1.82, 2.24) is 13.9 Å². The van der Waals surface area contributed by atoms with Gasteiger partial charge in [0.05, 0.1) is 18.8 Å². The quantitative estimate of drug-likeness (QED) is 0.895. The molecule has 0 aliphatic carbocycles. The summed E-state index contributed by atoms with van der Waals surface area (Å²) >= 11 is 0. The van der Waals surface area contributed by atoms with Crippen LogP contribution < -0.4 is 0 Å². The van der Waals surface area contributed by atoms with Gasteiger partial charge in [-0.2, -0.15) is 4.31 Å². The Morgan fingerprint density at radius 1 is 1.38 bits per heavy atom. The maximum Gasteiger partial charge on any atom is 0.244 e. The number of aromatic nitrogens is 2. The van der Waals surface area contributed by atoms with E-state index in [-0.39, 0.29) is 18.0 Å². The number of aryl methyl sites for hydroxylation is 2. The zero-order valence-electron chi connectivity index (χ0n) is 12.3. The molecule has 6 nitrogen and oxygen atoms in total. The molecule has 0 unspecified atom stereocenters. The molecular weight excluding hydrogens is 290 g/mol. The van der Waals surface area contributed by atoms with Gasteiger partial charge in [0, 0.05) is 31.7 Å². The summed E-state index contributed by atoms with van der Waals surface area (Å²) < 4.78 is 27.9. The Bertz CT molecular complexity index is 738. The lowest BCUT2D eigenvalue weighted by molar-refractivity contribution is 0.272. The van der Waals surface area contributed by atoms with Crippen LogP contribution in [0.15, 0.2) is 35.4 Å². The van der Waals surface area contributed by atoms with E-state index in [2.05, 4.69) is 4.98 Å². The molecule has 2 aromatic heterocycles. The van der Waals surface area contributed by atoms with E-state index >= 15 is 0 Å². The standard InChI is InChI=1S/C14H19N3O3S/c1-11-5-4-6-12(15-11)8-17(3)21(19,20)14-7-13(10-18)16(2)9-14/h4-7,9,18H,8,10H2,1-3H3. The number of pyridine rings is 1. The molecule has 0 aliphatic rings. The summed E-state index contributed by atoms with van der Waals surface area (Å²) in [6, 6.07) is 6.99. The maximum absolute atomic E-state index is 12.5. The molecule has 1 N–H and O–H groups in total. The van der Waals surface area contributed by atoms with Crippen LogP contribution in [-0.2, 0) is 30.2 Å². The van der Waals surface area contributed by atoms with Crippen LogP contribution in [0.1, 0.15) is 17.1 Å². The third kappa shape index (κ3) is 3.31. The van der Waals surface area contributed by atoms with Crippen LogP contribution in [0.25, 0.3) is 0 Å². The Morgan fingerprint density at radius 2 is 2.10 bits per heavy atom. The maximum atomic E-state index is 12.5. The first kappa shape index (κ1) is 15.7. The summed E-state index contributed by atoms with van der Waals surface area (Å²) in [6.07, 6.45) is 1.50. The number of sulfonamides is 1. The van der Waals surface area contributed by atoms with Crippen LogP contribution in [0.2, 0.25) is 0 Å². The van der Waals surface area contributed by atoms with Gasteiger partial charge in [0.15, 0.2) is 0 Å². The Kier molecular flexibility index (Phi) is 4.46. The monoisotopic (exact) mass is 309 g/mol. The van der Waals surface area contributed by atoms with Crippen molar-refractivity contribution < 1.29 is 13.5 Å². The average molecular weight is 309 g/mol. The predicted molar refractivity (Wildman–Crippen MR) is 79.0 cm³/mol. The molecule has 0 radical (unpaired) electrons. The van der Waals surface area contributed by atoms with Crippen LogP contribution in [-0.4, -0.2) is 34.4 Å². The minimum absolute atomic E-state index is 0.171. The third-order valence-corrected chi connectivity index (χ3v) is 5.05. The van der Waals surface area contributed by atoms with Gasteiger partial charge in [-0.05, 0) is 25.1 Å². The fourth-order valence-electron chi connectivity index (χ4n) is 2.06. The molecule has 21 heavy (non-hydrogen) atoms. The number of aliphatic hydroxyl groups is 1. The van der Waals surface area contributed by atoms with Crippen molar-refractivity contribution in [2.75, 3.05) is 7.05 Å². The molecule has 0 amide bonds. The van der Waals surface area contributed by atoms with E-state index in [1.54, 1.807) is 17.7 Å². The van der Waals surface area contributed by atoms with Crippen molar-refractivity contribution in [3.8, 4) is 0 Å². The van der Waals surface area contributed by atoms with Crippen LogP contribution in [0.3, 0.4) is 0 Å². The van der Waals surface area contributed by atoms with Crippen molar-refractivity contribution in [1.29, 1.82) is 0 Å². The van der Waals surface area contributed by atoms with Gasteiger partial charge in [-0.15, -0.1) is 0 Å². The minimum Gasteiger partial charge on any atom is -0.390 e. The average Bonchev–Trinajstić information content (AvgIpc) is 2.80. The lowest BCUT2D eigenvalue weighted by Crippen LogP contribution is -2.26. The van der Waals surface area contributed by atoms with Gasteiger partial charge in [-0.1, -0.05) is 6.07 Å². The fraction of sp³-hybridized carbons (Fsp3) is 0.357. The second-order valence-corrected chi connectivity index (χ2v) is 7.01. The highest BCUT2D eigenvalue weighted by atomic mass is 32.2. The van der Waals surface area contributed by atoms with E-state index in [1.807, 2.05) is 19.1 Å². The summed E-state index contributed by atoms with van der Waals surface area (Å²) in [5.41, 5.74) is 2.09. The first-order chi connectivity index (χ1) is 9.84. The number of nitrogens with zero attached hydrogens (tertiary/aromatic N) is 3. The zero-order chi connectivity index (χ0) is 15.6. The van der Waals surface area contributed by atoms with Crippen molar-refractivity contribution in [2.24, 2.45) is 7.05 Å². The van der Waals surface area contributed by atoms with Gasteiger partial charge in [0.1, 0.15) is 4.90 Å². The van der Waals surface area contributed by atoms with Crippen LogP contribution in [0, 0.1) is 6.92 Å². The van der Waals surface area contributed by atoms with Gasteiger partial charge in [0.25, 0.3) is 0 Å². The van der Waals surface area contributed by atoms with Gasteiger partial charge in [0.2, 0.25) is 10.0 Å². The SMILES string of the molecule is Cc1cccc(CN(C)S(=O)(=O)c2cc(CO)n(C)c2)n1. The van der Waals surface area contributed by atoms with E-state index in [1.165, 1.54) is 23.6 Å². The van der Waals surface area contributed by atoms with Crippen molar-refractivity contribution >= 4 is 10.0 Å². The number of hydrogen-bond acceptors (Lipinski definition) is 4. The van der Waals surface area contributed by atoms with Crippen LogP contribution in [0.5, 0.6) is 0 Å². The number of hydrogen-bond donors (Lipinski definition) is 1. The van der Waals surface area contributed by atoms with Gasteiger partial charge < -0.3 is 9.67 Å². The van der Waals surface area contributed by atoms with Crippen molar-refractivity contribution in [3.63, 3.8) is 0 Å². The van der Waals surface area contributed by atoms with Gasteiger partial charge in [-0.3, -0.25) is 4.98 Å². The van der Waals surface area contributed by atoms with Crippen LogP contribution in [0.4, 0.5) is 0 Å². The number of aliphatic hydroxyl groups excluding tert-OH is 1. The summed E-state index contributed by atoms with van der Waals surface area (Å²) in [6.45, 7) is 1.87. The molecule has 0 saturated heterocycles. The third-order valence-electron chi connectivity index (χ3n) is 3.28. The Morgan fingerprint density at radius 3 is 2.67 bits per heavy atom. The second-order valence-electron chi connectivity index (χ2n) is 4.97.